The number of nitrogens with zero attached hydrogens (tertiary/aromatic N) is 1. The van der Waals surface area contributed by atoms with Gasteiger partial charge >= 0.3 is 0 Å². The lowest BCUT2D eigenvalue weighted by Gasteiger charge is -2.27. The molecule has 1 aliphatic heterocycles. The van der Waals surface area contributed by atoms with Gasteiger partial charge in [0.25, 0.3) is 10.0 Å². The number of allylic oxidation sites excluding steroid dienone is 2. The first-order valence-electron chi connectivity index (χ1n) is 5.38. The van der Waals surface area contributed by atoms with Gasteiger partial charge in [-0.25, -0.2) is 8.42 Å². The molecule has 8 heteroatoms. The van der Waals surface area contributed by atoms with E-state index in [2.05, 4.69) is 10.3 Å². The standard InChI is InChI=1S/C11H14N4O3S/c1-18-11-3-2-8-13-15(11)14-19(16,17)10-6-4-9(12)5-7-10/h2-8,13-14H,12H2,1H3. The number of methoxy groups -OCH3 is 1. The summed E-state index contributed by atoms with van der Waals surface area (Å²) in [6.45, 7) is 0. The van der Waals surface area contributed by atoms with Crippen molar-refractivity contribution in [3.8, 4) is 0 Å². The molecule has 0 spiro atoms. The highest BCUT2D eigenvalue weighted by molar-refractivity contribution is 7.89. The van der Waals surface area contributed by atoms with Crippen molar-refractivity contribution in [3.05, 3.63) is 48.5 Å². The predicted octanol–water partition coefficient (Wildman–Crippen LogP) is 0.284. The maximum Gasteiger partial charge on any atom is 0.259 e. The van der Waals surface area contributed by atoms with Crippen molar-refractivity contribution in [1.82, 2.24) is 15.4 Å². The summed E-state index contributed by atoms with van der Waals surface area (Å²) in [4.78, 5) is 2.45. The van der Waals surface area contributed by atoms with Crippen LogP contribution in [0.25, 0.3) is 0 Å². The number of nitrogen functional groups attached to an aromatic ring is 1. The van der Waals surface area contributed by atoms with E-state index in [4.69, 9.17) is 10.5 Å². The number of ether oxygens (including phenoxy) is 1. The van der Waals surface area contributed by atoms with Gasteiger partial charge in [-0.2, -0.15) is 5.12 Å². The first kappa shape index (κ1) is 13.2. The minimum atomic E-state index is -3.72. The van der Waals surface area contributed by atoms with E-state index in [1.165, 1.54) is 31.4 Å². The zero-order valence-electron chi connectivity index (χ0n) is 10.2. The Bertz CT molecular complexity index is 607. The first-order chi connectivity index (χ1) is 9.03. The minimum absolute atomic E-state index is 0.105. The van der Waals surface area contributed by atoms with Crippen molar-refractivity contribution in [2.45, 2.75) is 4.90 Å². The SMILES string of the molecule is COC1=CC=CNN1NS(=O)(=O)c1ccc(N)cc1. The number of sulfonamides is 1. The van der Waals surface area contributed by atoms with E-state index in [1.807, 2.05) is 0 Å². The normalized spacial score (nSPS) is 14.8. The van der Waals surface area contributed by atoms with Crippen molar-refractivity contribution in [2.75, 3.05) is 12.8 Å². The van der Waals surface area contributed by atoms with E-state index in [1.54, 1.807) is 18.4 Å². The van der Waals surface area contributed by atoms with E-state index in [9.17, 15) is 8.42 Å². The van der Waals surface area contributed by atoms with E-state index in [0.29, 0.717) is 11.6 Å². The molecule has 0 saturated carbocycles. The van der Waals surface area contributed by atoms with Gasteiger partial charge in [-0.05, 0) is 30.3 Å². The van der Waals surface area contributed by atoms with Gasteiger partial charge < -0.3 is 10.5 Å². The second kappa shape index (κ2) is 5.21. The first-order valence-corrected chi connectivity index (χ1v) is 6.86. The highest BCUT2D eigenvalue weighted by Crippen LogP contribution is 2.13. The van der Waals surface area contributed by atoms with Gasteiger partial charge in [-0.15, -0.1) is 4.83 Å². The number of rotatable bonds is 4. The predicted molar refractivity (Wildman–Crippen MR) is 70.4 cm³/mol. The molecule has 0 aliphatic carbocycles. The molecule has 1 aliphatic rings. The highest BCUT2D eigenvalue weighted by atomic mass is 32.2. The van der Waals surface area contributed by atoms with Gasteiger partial charge in [0.15, 0.2) is 0 Å². The Kier molecular flexibility index (Phi) is 3.63. The summed E-state index contributed by atoms with van der Waals surface area (Å²) in [5.41, 5.74) is 8.72. The van der Waals surface area contributed by atoms with E-state index in [-0.39, 0.29) is 4.90 Å². The van der Waals surface area contributed by atoms with Gasteiger partial charge in [0, 0.05) is 18.0 Å². The van der Waals surface area contributed by atoms with Crippen LogP contribution in [0.15, 0.2) is 53.4 Å². The number of nitrogens with one attached hydrogen (secondary N) is 2. The van der Waals surface area contributed by atoms with Crippen LogP contribution in [0.1, 0.15) is 0 Å². The Balaban J connectivity index is 2.20. The van der Waals surface area contributed by atoms with Crippen LogP contribution < -0.4 is 16.0 Å². The fraction of sp³-hybridized carbons (Fsp3) is 0.0909. The molecule has 102 valence electrons. The van der Waals surface area contributed by atoms with Gasteiger partial charge in [-0.3, -0.25) is 5.43 Å². The van der Waals surface area contributed by atoms with Crippen molar-refractivity contribution in [3.63, 3.8) is 0 Å². The molecule has 19 heavy (non-hydrogen) atoms. The number of benzene rings is 1. The summed E-state index contributed by atoms with van der Waals surface area (Å²) in [6, 6.07) is 5.89. The zero-order valence-corrected chi connectivity index (χ0v) is 11.0. The van der Waals surface area contributed by atoms with E-state index < -0.39 is 10.0 Å². The second-order valence-electron chi connectivity index (χ2n) is 3.70. The largest absolute Gasteiger partial charge is 0.480 e. The summed E-state index contributed by atoms with van der Waals surface area (Å²) in [7, 11) is -2.27. The molecule has 2 rings (SSSR count). The molecule has 0 radical (unpaired) electrons. The molecule has 0 fully saturated rings. The molecule has 0 amide bonds. The number of anilines is 1. The average molecular weight is 282 g/mol. The fourth-order valence-electron chi connectivity index (χ4n) is 1.44. The molecule has 1 heterocycles. The molecule has 0 unspecified atom stereocenters. The number of hydrogen-bond donors (Lipinski definition) is 3. The molecule has 0 atom stereocenters. The Morgan fingerprint density at radius 3 is 2.63 bits per heavy atom. The highest BCUT2D eigenvalue weighted by Gasteiger charge is 2.21. The molecule has 0 bridgehead atoms. The van der Waals surface area contributed by atoms with E-state index >= 15 is 0 Å². The molecule has 0 aromatic heterocycles. The van der Waals surface area contributed by atoms with Crippen LogP contribution >= 0.6 is 0 Å². The lowest BCUT2D eigenvalue weighted by atomic mass is 10.3. The Hall–Kier alpha value is -2.19. The van der Waals surface area contributed by atoms with Gasteiger partial charge in [0.05, 0.1) is 12.0 Å². The number of nitrogens with two attached hydrogens (primary N) is 1. The summed E-state index contributed by atoms with van der Waals surface area (Å²) < 4.78 is 29.3. The quantitative estimate of drug-likeness (QED) is 0.687. The molecule has 1 aromatic rings. The van der Waals surface area contributed by atoms with Crippen LogP contribution in [0.3, 0.4) is 0 Å². The topological polar surface area (TPSA) is 96.7 Å². The average Bonchev–Trinajstić information content (AvgIpc) is 2.39. The number of hydrogen-bond acceptors (Lipinski definition) is 6. The molecule has 7 nitrogen and oxygen atoms in total. The van der Waals surface area contributed by atoms with Crippen molar-refractivity contribution in [1.29, 1.82) is 0 Å². The van der Waals surface area contributed by atoms with Crippen LogP contribution in [-0.2, 0) is 14.8 Å². The summed E-state index contributed by atoms with van der Waals surface area (Å²) >= 11 is 0. The van der Waals surface area contributed by atoms with Crippen LogP contribution in [0, 0.1) is 0 Å². The van der Waals surface area contributed by atoms with Gasteiger partial charge in [-0.1, -0.05) is 0 Å². The van der Waals surface area contributed by atoms with Crippen LogP contribution in [0.4, 0.5) is 5.69 Å². The third kappa shape index (κ3) is 2.98. The molecular formula is C11H14N4O3S. The molecule has 4 N–H and O–H groups in total. The second-order valence-corrected chi connectivity index (χ2v) is 5.36. The van der Waals surface area contributed by atoms with Crippen molar-refractivity contribution in [2.24, 2.45) is 0 Å². The Labute approximate surface area is 111 Å². The van der Waals surface area contributed by atoms with Crippen LogP contribution in [-0.4, -0.2) is 20.6 Å². The lowest BCUT2D eigenvalue weighted by molar-refractivity contribution is 0.104. The maximum absolute atomic E-state index is 12.1. The maximum atomic E-state index is 12.1. The van der Waals surface area contributed by atoms with Gasteiger partial charge in [0.2, 0.25) is 5.88 Å². The number of hydrazine groups is 2. The van der Waals surface area contributed by atoms with Crippen LogP contribution in [0.5, 0.6) is 0 Å². The van der Waals surface area contributed by atoms with Crippen LogP contribution in [0.2, 0.25) is 0 Å². The van der Waals surface area contributed by atoms with Crippen molar-refractivity contribution < 1.29 is 13.2 Å². The molecule has 1 aromatic carbocycles. The summed E-state index contributed by atoms with van der Waals surface area (Å²) in [5, 5.41) is 1.16. The summed E-state index contributed by atoms with van der Waals surface area (Å²) in [6.07, 6.45) is 4.86. The monoisotopic (exact) mass is 282 g/mol. The third-order valence-electron chi connectivity index (χ3n) is 2.37. The van der Waals surface area contributed by atoms with E-state index in [0.717, 1.165) is 5.12 Å². The smallest absolute Gasteiger partial charge is 0.259 e. The fourth-order valence-corrected chi connectivity index (χ4v) is 2.42. The third-order valence-corrected chi connectivity index (χ3v) is 3.69. The molecular weight excluding hydrogens is 268 g/mol. The van der Waals surface area contributed by atoms with Gasteiger partial charge in [0.1, 0.15) is 0 Å². The summed E-state index contributed by atoms with van der Waals surface area (Å²) in [5.74, 6) is 0.321. The lowest BCUT2D eigenvalue weighted by Crippen LogP contribution is -2.49. The minimum Gasteiger partial charge on any atom is -0.480 e. The Morgan fingerprint density at radius 2 is 2.00 bits per heavy atom. The zero-order chi connectivity index (χ0) is 13.9. The Morgan fingerprint density at radius 1 is 1.32 bits per heavy atom. The molecule has 0 saturated heterocycles. The van der Waals surface area contributed by atoms with Crippen molar-refractivity contribution >= 4 is 15.7 Å².